The van der Waals surface area contributed by atoms with Crippen molar-refractivity contribution in [3.63, 3.8) is 0 Å². The summed E-state index contributed by atoms with van der Waals surface area (Å²) in [5.41, 5.74) is 1.00. The Kier molecular flexibility index (Phi) is 7.73. The average molecular weight is 352 g/mol. The molecule has 5 nitrogen and oxygen atoms in total. The van der Waals surface area contributed by atoms with Crippen LogP contribution in [0.15, 0.2) is 29.2 Å². The van der Waals surface area contributed by atoms with Crippen LogP contribution in [-0.4, -0.2) is 34.5 Å². The molecule has 0 aliphatic carbocycles. The maximum atomic E-state index is 11.9. The Morgan fingerprint density at radius 2 is 1.83 bits per heavy atom. The van der Waals surface area contributed by atoms with Gasteiger partial charge in [-0.1, -0.05) is 17.7 Å². The zero-order chi connectivity index (χ0) is 17.3. The quantitative estimate of drug-likeness (QED) is 0.429. The second-order valence-corrected chi connectivity index (χ2v) is 7.22. The van der Waals surface area contributed by atoms with Crippen molar-refractivity contribution in [1.29, 1.82) is 0 Å². The minimum Gasteiger partial charge on any atom is -0.353 e. The fraction of sp³-hybridized carbons (Fsp3) is 0.556. The van der Waals surface area contributed by atoms with Crippen molar-refractivity contribution >= 4 is 10.1 Å². The van der Waals surface area contributed by atoms with Crippen LogP contribution in [0.5, 0.6) is 0 Å². The number of rotatable bonds is 7. The summed E-state index contributed by atoms with van der Waals surface area (Å²) in [5, 5.41) is 0. The van der Waals surface area contributed by atoms with Crippen molar-refractivity contribution in [1.82, 2.24) is 0 Å². The van der Waals surface area contributed by atoms with Crippen molar-refractivity contribution < 1.29 is 22.1 Å². The summed E-state index contributed by atoms with van der Waals surface area (Å²) in [6, 6.07) is 6.57. The van der Waals surface area contributed by atoms with Crippen LogP contribution in [0.1, 0.15) is 37.7 Å². The number of benzene rings is 1. The normalized spacial score (nSPS) is 18.0. The Morgan fingerprint density at radius 1 is 1.12 bits per heavy atom. The molecule has 1 aromatic rings. The molecule has 0 aromatic heterocycles. The highest BCUT2D eigenvalue weighted by atomic mass is 32.2. The first-order valence-corrected chi connectivity index (χ1v) is 9.64. The summed E-state index contributed by atoms with van der Waals surface area (Å²) in [6.45, 7) is 3.25. The van der Waals surface area contributed by atoms with E-state index in [9.17, 15) is 8.42 Å². The SMILES string of the molecule is Cc1ccc(S(=O)(=O)OCCC#CCCOC2CCCCO2)cc1. The second-order valence-electron chi connectivity index (χ2n) is 5.61. The summed E-state index contributed by atoms with van der Waals surface area (Å²) in [6.07, 6.45) is 4.06. The van der Waals surface area contributed by atoms with E-state index in [1.165, 1.54) is 0 Å². The van der Waals surface area contributed by atoms with Crippen LogP contribution in [0.3, 0.4) is 0 Å². The molecule has 24 heavy (non-hydrogen) atoms. The topological polar surface area (TPSA) is 61.8 Å². The summed E-state index contributed by atoms with van der Waals surface area (Å²) in [7, 11) is -3.70. The molecule has 0 amide bonds. The van der Waals surface area contributed by atoms with E-state index in [2.05, 4.69) is 11.8 Å². The minimum atomic E-state index is -3.70. The highest BCUT2D eigenvalue weighted by molar-refractivity contribution is 7.86. The summed E-state index contributed by atoms with van der Waals surface area (Å²) in [4.78, 5) is 0.168. The molecule has 1 unspecified atom stereocenters. The molecule has 1 aromatic carbocycles. The summed E-state index contributed by atoms with van der Waals surface area (Å²) >= 11 is 0. The zero-order valence-electron chi connectivity index (χ0n) is 14.0. The molecule has 0 spiro atoms. The third-order valence-corrected chi connectivity index (χ3v) is 4.90. The molecule has 0 saturated carbocycles. The smallest absolute Gasteiger partial charge is 0.297 e. The van der Waals surface area contributed by atoms with Gasteiger partial charge in [-0.3, -0.25) is 4.18 Å². The van der Waals surface area contributed by atoms with Gasteiger partial charge in [0.2, 0.25) is 0 Å². The van der Waals surface area contributed by atoms with Gasteiger partial charge in [0.15, 0.2) is 6.29 Å². The van der Waals surface area contributed by atoms with E-state index in [0.29, 0.717) is 19.4 Å². The van der Waals surface area contributed by atoms with Crippen LogP contribution in [-0.2, 0) is 23.8 Å². The van der Waals surface area contributed by atoms with Gasteiger partial charge < -0.3 is 9.47 Å². The molecule has 1 saturated heterocycles. The lowest BCUT2D eigenvalue weighted by atomic mass is 10.2. The van der Waals surface area contributed by atoms with Crippen LogP contribution < -0.4 is 0 Å². The van der Waals surface area contributed by atoms with E-state index in [-0.39, 0.29) is 17.8 Å². The minimum absolute atomic E-state index is 0.0514. The average Bonchev–Trinajstić information content (AvgIpc) is 2.58. The molecular formula is C18H24O5S. The highest BCUT2D eigenvalue weighted by Crippen LogP contribution is 2.14. The zero-order valence-corrected chi connectivity index (χ0v) is 14.8. The van der Waals surface area contributed by atoms with Gasteiger partial charge in [-0.25, -0.2) is 0 Å². The molecule has 1 fully saturated rings. The number of hydrogen-bond acceptors (Lipinski definition) is 5. The molecule has 2 rings (SSSR count). The molecule has 1 atom stereocenters. The van der Waals surface area contributed by atoms with E-state index < -0.39 is 10.1 Å². The first-order valence-electron chi connectivity index (χ1n) is 8.23. The van der Waals surface area contributed by atoms with Gasteiger partial charge in [-0.05, 0) is 38.3 Å². The maximum Gasteiger partial charge on any atom is 0.297 e. The molecular weight excluding hydrogens is 328 g/mol. The first-order chi connectivity index (χ1) is 11.6. The van der Waals surface area contributed by atoms with E-state index in [1.807, 2.05) is 6.92 Å². The fourth-order valence-electron chi connectivity index (χ4n) is 2.24. The number of ether oxygens (including phenoxy) is 2. The maximum absolute atomic E-state index is 11.9. The van der Waals surface area contributed by atoms with Crippen LogP contribution in [0.4, 0.5) is 0 Å². The predicted molar refractivity (Wildman–Crippen MR) is 90.9 cm³/mol. The lowest BCUT2D eigenvalue weighted by Crippen LogP contribution is -2.22. The largest absolute Gasteiger partial charge is 0.353 e. The molecule has 132 valence electrons. The van der Waals surface area contributed by atoms with Gasteiger partial charge in [0.25, 0.3) is 10.1 Å². The Morgan fingerprint density at radius 3 is 2.50 bits per heavy atom. The summed E-state index contributed by atoms with van der Waals surface area (Å²) < 4.78 is 39.9. The monoisotopic (exact) mass is 352 g/mol. The van der Waals surface area contributed by atoms with Crippen LogP contribution in [0.2, 0.25) is 0 Å². The first kappa shape index (κ1) is 18.9. The van der Waals surface area contributed by atoms with E-state index in [4.69, 9.17) is 13.7 Å². The van der Waals surface area contributed by atoms with Gasteiger partial charge >= 0.3 is 0 Å². The summed E-state index contributed by atoms with van der Waals surface area (Å²) in [5.74, 6) is 5.85. The Bertz CT molecular complexity index is 649. The van der Waals surface area contributed by atoms with Crippen molar-refractivity contribution in [2.45, 2.75) is 50.2 Å². The fourth-order valence-corrected chi connectivity index (χ4v) is 3.14. The van der Waals surface area contributed by atoms with Crippen molar-refractivity contribution in [3.8, 4) is 11.8 Å². The van der Waals surface area contributed by atoms with Gasteiger partial charge in [0.05, 0.1) is 18.1 Å². The number of aryl methyl sites for hydroxylation is 1. The van der Waals surface area contributed by atoms with Crippen molar-refractivity contribution in [2.24, 2.45) is 0 Å². The van der Waals surface area contributed by atoms with Gasteiger partial charge in [0, 0.05) is 19.4 Å². The van der Waals surface area contributed by atoms with E-state index in [0.717, 1.165) is 31.4 Å². The lowest BCUT2D eigenvalue weighted by molar-refractivity contribution is -0.161. The van der Waals surface area contributed by atoms with Crippen LogP contribution in [0.25, 0.3) is 0 Å². The van der Waals surface area contributed by atoms with E-state index in [1.54, 1.807) is 24.3 Å². The molecule has 0 bridgehead atoms. The molecule has 1 aliphatic heterocycles. The van der Waals surface area contributed by atoms with Gasteiger partial charge in [-0.15, -0.1) is 11.8 Å². The Hall–Kier alpha value is -1.39. The van der Waals surface area contributed by atoms with Crippen LogP contribution >= 0.6 is 0 Å². The molecule has 0 N–H and O–H groups in total. The number of hydrogen-bond donors (Lipinski definition) is 0. The third kappa shape index (κ3) is 6.62. The third-order valence-electron chi connectivity index (χ3n) is 3.57. The molecule has 1 heterocycles. The van der Waals surface area contributed by atoms with Crippen LogP contribution in [0, 0.1) is 18.8 Å². The molecule has 1 aliphatic rings. The predicted octanol–water partition coefficient (Wildman–Crippen LogP) is 3.03. The molecule has 0 radical (unpaired) electrons. The van der Waals surface area contributed by atoms with Crippen molar-refractivity contribution in [2.75, 3.05) is 19.8 Å². The van der Waals surface area contributed by atoms with Crippen molar-refractivity contribution in [3.05, 3.63) is 29.8 Å². The Balaban J connectivity index is 1.61. The lowest BCUT2D eigenvalue weighted by Gasteiger charge is -2.22. The second kappa shape index (κ2) is 9.80. The molecule has 6 heteroatoms. The van der Waals surface area contributed by atoms with E-state index >= 15 is 0 Å². The van der Waals surface area contributed by atoms with Gasteiger partial charge in [0.1, 0.15) is 0 Å². The standard InChI is InChI=1S/C18H24O5S/c1-16-9-11-17(12-10-16)24(19,20)23-15-6-3-2-5-13-21-18-8-4-7-14-22-18/h9-12,18H,4-8,13-15H2,1H3. The Labute approximate surface area is 144 Å². The highest BCUT2D eigenvalue weighted by Gasteiger charge is 2.14. The van der Waals surface area contributed by atoms with Gasteiger partial charge in [-0.2, -0.15) is 8.42 Å².